The molecule has 2 unspecified atom stereocenters. The molecule has 0 aromatic rings. The predicted molar refractivity (Wildman–Crippen MR) is 56.9 cm³/mol. The van der Waals surface area contributed by atoms with Crippen LogP contribution in [-0.2, 0) is 4.84 Å². The van der Waals surface area contributed by atoms with Gasteiger partial charge in [0, 0.05) is 6.04 Å². The summed E-state index contributed by atoms with van der Waals surface area (Å²) < 4.78 is 0. The molecule has 0 amide bonds. The van der Waals surface area contributed by atoms with Crippen LogP contribution >= 0.6 is 0 Å². The lowest BCUT2D eigenvalue weighted by atomic mass is 9.91. The molecule has 0 aromatic heterocycles. The minimum atomic E-state index is -0.530. The molecule has 2 aliphatic rings. The summed E-state index contributed by atoms with van der Waals surface area (Å²) in [7, 11) is 0. The molecule has 84 valence electrons. The highest BCUT2D eigenvalue weighted by Gasteiger charge is 2.43. The van der Waals surface area contributed by atoms with E-state index in [4.69, 9.17) is 4.84 Å². The van der Waals surface area contributed by atoms with Gasteiger partial charge in [-0.15, -0.1) is 0 Å². The van der Waals surface area contributed by atoms with Gasteiger partial charge in [0.2, 0.25) is 0 Å². The Bertz CT molecular complexity index is 167. The van der Waals surface area contributed by atoms with Crippen molar-refractivity contribution in [2.75, 3.05) is 0 Å². The molecule has 1 aliphatic heterocycles. The van der Waals surface area contributed by atoms with Crippen molar-refractivity contribution in [2.24, 2.45) is 0 Å². The smallest absolute Gasteiger partial charge is 0.109 e. The summed E-state index contributed by atoms with van der Waals surface area (Å²) in [6, 6.07) is 0.389. The van der Waals surface area contributed by atoms with Crippen molar-refractivity contribution in [1.29, 1.82) is 0 Å². The first kappa shape index (κ1) is 12.0. The molecule has 1 saturated heterocycles. The van der Waals surface area contributed by atoms with Crippen LogP contribution in [0.25, 0.3) is 0 Å². The fourth-order valence-electron chi connectivity index (χ4n) is 2.25. The third kappa shape index (κ3) is 2.47. The molecule has 2 atom stereocenters. The molecule has 1 aliphatic carbocycles. The van der Waals surface area contributed by atoms with E-state index in [0.29, 0.717) is 6.04 Å². The van der Waals surface area contributed by atoms with Gasteiger partial charge in [-0.3, -0.25) is 4.84 Å². The second-order valence-electron chi connectivity index (χ2n) is 4.17. The molecule has 3 heteroatoms. The van der Waals surface area contributed by atoms with Crippen LogP contribution in [0.4, 0.5) is 0 Å². The first-order valence-corrected chi connectivity index (χ1v) is 5.84. The molecule has 2 N–H and O–H groups in total. The van der Waals surface area contributed by atoms with Crippen LogP contribution < -0.4 is 5.48 Å². The van der Waals surface area contributed by atoms with Crippen molar-refractivity contribution in [3.05, 3.63) is 0 Å². The summed E-state index contributed by atoms with van der Waals surface area (Å²) >= 11 is 0. The van der Waals surface area contributed by atoms with E-state index < -0.39 is 5.60 Å². The van der Waals surface area contributed by atoms with Gasteiger partial charge in [-0.1, -0.05) is 26.7 Å². The van der Waals surface area contributed by atoms with Crippen LogP contribution in [0.2, 0.25) is 0 Å². The van der Waals surface area contributed by atoms with Gasteiger partial charge >= 0.3 is 0 Å². The number of hydroxylamine groups is 1. The van der Waals surface area contributed by atoms with E-state index in [1.807, 2.05) is 13.8 Å². The van der Waals surface area contributed by atoms with E-state index in [1.54, 1.807) is 0 Å². The first-order valence-electron chi connectivity index (χ1n) is 5.84. The van der Waals surface area contributed by atoms with Gasteiger partial charge in [0.05, 0.1) is 5.60 Å². The van der Waals surface area contributed by atoms with Gasteiger partial charge < -0.3 is 5.11 Å². The fourth-order valence-corrected chi connectivity index (χ4v) is 2.25. The monoisotopic (exact) mass is 201 g/mol. The molecule has 3 nitrogen and oxygen atoms in total. The van der Waals surface area contributed by atoms with Crippen LogP contribution in [0.3, 0.4) is 0 Å². The lowest BCUT2D eigenvalue weighted by molar-refractivity contribution is -0.107. The molecular formula is C11H23NO2. The zero-order chi connectivity index (χ0) is 10.6. The third-order valence-electron chi connectivity index (χ3n) is 3.05. The maximum absolute atomic E-state index is 10.1. The fraction of sp³-hybridized carbons (Fsp3) is 1.00. The molecule has 1 saturated carbocycles. The molecule has 0 spiro atoms. The van der Waals surface area contributed by atoms with Crippen LogP contribution in [-0.4, -0.2) is 22.9 Å². The minimum Gasteiger partial charge on any atom is -0.387 e. The van der Waals surface area contributed by atoms with Crippen molar-refractivity contribution in [1.82, 2.24) is 5.48 Å². The molecule has 2 fully saturated rings. The lowest BCUT2D eigenvalue weighted by Crippen LogP contribution is -2.39. The zero-order valence-corrected chi connectivity index (χ0v) is 9.55. The van der Waals surface area contributed by atoms with Gasteiger partial charge in [-0.2, -0.15) is 5.48 Å². The van der Waals surface area contributed by atoms with E-state index in [2.05, 4.69) is 12.4 Å². The van der Waals surface area contributed by atoms with E-state index in [1.165, 1.54) is 0 Å². The normalized spacial score (nSPS) is 35.1. The minimum absolute atomic E-state index is 0.0231. The Morgan fingerprint density at radius 1 is 1.29 bits per heavy atom. The highest BCUT2D eigenvalue weighted by molar-refractivity contribution is 4.94. The predicted octanol–water partition coefficient (Wildman–Crippen LogP) is 2.00. The van der Waals surface area contributed by atoms with Crippen LogP contribution in [0.15, 0.2) is 0 Å². The SMILES string of the molecule is CC.CC1CC(C2(O)CCCC2)ON1. The maximum atomic E-state index is 10.1. The van der Waals surface area contributed by atoms with Crippen LogP contribution in [0, 0.1) is 0 Å². The average molecular weight is 201 g/mol. The number of hydrogen-bond donors (Lipinski definition) is 2. The van der Waals surface area contributed by atoms with Gasteiger partial charge in [0.15, 0.2) is 0 Å². The Morgan fingerprint density at radius 2 is 1.86 bits per heavy atom. The second-order valence-corrected chi connectivity index (χ2v) is 4.17. The average Bonchev–Trinajstić information content (AvgIpc) is 2.79. The van der Waals surface area contributed by atoms with Crippen molar-refractivity contribution in [3.8, 4) is 0 Å². The Balaban J connectivity index is 0.000000461. The Labute approximate surface area is 86.8 Å². The molecule has 0 aromatic carbocycles. The van der Waals surface area contributed by atoms with Crippen molar-refractivity contribution in [2.45, 2.75) is 70.6 Å². The maximum Gasteiger partial charge on any atom is 0.109 e. The molecule has 0 radical (unpaired) electrons. The molecule has 14 heavy (non-hydrogen) atoms. The number of hydrogen-bond acceptors (Lipinski definition) is 3. The molecule has 0 bridgehead atoms. The summed E-state index contributed by atoms with van der Waals surface area (Å²) in [4.78, 5) is 5.35. The zero-order valence-electron chi connectivity index (χ0n) is 9.55. The van der Waals surface area contributed by atoms with E-state index in [-0.39, 0.29) is 6.10 Å². The van der Waals surface area contributed by atoms with E-state index >= 15 is 0 Å². The number of rotatable bonds is 1. The highest BCUT2D eigenvalue weighted by Crippen LogP contribution is 2.36. The number of aliphatic hydroxyl groups is 1. The molecule has 2 rings (SSSR count). The quantitative estimate of drug-likeness (QED) is 0.682. The Kier molecular flexibility index (Phi) is 4.35. The van der Waals surface area contributed by atoms with Crippen LogP contribution in [0.5, 0.6) is 0 Å². The van der Waals surface area contributed by atoms with Gasteiger partial charge in [0.1, 0.15) is 6.10 Å². The summed E-state index contributed by atoms with van der Waals surface area (Å²) in [5, 5.41) is 10.1. The summed E-state index contributed by atoms with van der Waals surface area (Å²) in [6.45, 7) is 6.08. The van der Waals surface area contributed by atoms with Crippen molar-refractivity contribution in [3.63, 3.8) is 0 Å². The van der Waals surface area contributed by atoms with Crippen LogP contribution in [0.1, 0.15) is 52.9 Å². The summed E-state index contributed by atoms with van der Waals surface area (Å²) in [6.07, 6.45) is 5.07. The molecular weight excluding hydrogens is 178 g/mol. The van der Waals surface area contributed by atoms with Crippen molar-refractivity contribution >= 4 is 0 Å². The third-order valence-corrected chi connectivity index (χ3v) is 3.05. The highest BCUT2D eigenvalue weighted by atomic mass is 16.7. The van der Waals surface area contributed by atoms with Gasteiger partial charge in [-0.05, 0) is 26.2 Å². The van der Waals surface area contributed by atoms with E-state index in [0.717, 1.165) is 32.1 Å². The van der Waals surface area contributed by atoms with Gasteiger partial charge in [0.25, 0.3) is 0 Å². The first-order chi connectivity index (χ1) is 6.71. The lowest BCUT2D eigenvalue weighted by Gasteiger charge is -2.27. The summed E-state index contributed by atoms with van der Waals surface area (Å²) in [5.41, 5.74) is 2.38. The standard InChI is InChI=1S/C9H17NO2.C2H6/c1-7-6-8(12-10-7)9(11)4-2-3-5-9;1-2/h7-8,10-11H,2-6H2,1H3;1-2H3. The Morgan fingerprint density at radius 3 is 2.29 bits per heavy atom. The Hall–Kier alpha value is -0.120. The van der Waals surface area contributed by atoms with E-state index in [9.17, 15) is 5.11 Å². The topological polar surface area (TPSA) is 41.5 Å². The summed E-state index contributed by atoms with van der Waals surface area (Å²) in [5.74, 6) is 0. The van der Waals surface area contributed by atoms with Crippen molar-refractivity contribution < 1.29 is 9.94 Å². The second kappa shape index (κ2) is 5.10. The van der Waals surface area contributed by atoms with Gasteiger partial charge in [-0.25, -0.2) is 0 Å². The number of nitrogens with one attached hydrogen (secondary N) is 1. The largest absolute Gasteiger partial charge is 0.387 e. The molecule has 1 heterocycles.